The van der Waals surface area contributed by atoms with Gasteiger partial charge in [-0.15, -0.1) is 0 Å². The molecule has 0 unspecified atom stereocenters. The first-order valence-electron chi connectivity index (χ1n) is 10.5. The summed E-state index contributed by atoms with van der Waals surface area (Å²) in [6.45, 7) is 3.45. The van der Waals surface area contributed by atoms with E-state index in [-0.39, 0.29) is 15.5 Å². The molecule has 1 aliphatic heterocycles. The highest BCUT2D eigenvalue weighted by Crippen LogP contribution is 2.28. The van der Waals surface area contributed by atoms with Crippen LogP contribution in [0.15, 0.2) is 59.6 Å². The predicted octanol–water partition coefficient (Wildman–Crippen LogP) is 4.32. The molecule has 168 valence electrons. The summed E-state index contributed by atoms with van der Waals surface area (Å²) in [4.78, 5) is 12.9. The van der Waals surface area contributed by atoms with Gasteiger partial charge in [-0.1, -0.05) is 47.9 Å². The fraction of sp³-hybridized carbons (Fsp3) is 0.304. The van der Waals surface area contributed by atoms with Crippen molar-refractivity contribution in [3.8, 4) is 0 Å². The smallest absolute Gasteiger partial charge is 0.256 e. The van der Waals surface area contributed by atoms with Crippen LogP contribution in [0.3, 0.4) is 0 Å². The van der Waals surface area contributed by atoms with Crippen LogP contribution in [0.5, 0.6) is 0 Å². The molecule has 1 aromatic heterocycles. The molecule has 1 fully saturated rings. The molecular weight excluding hydrogens is 448 g/mol. The van der Waals surface area contributed by atoms with Gasteiger partial charge < -0.3 is 5.32 Å². The number of hydrogen-bond donors (Lipinski definition) is 1. The van der Waals surface area contributed by atoms with Gasteiger partial charge in [0, 0.05) is 24.7 Å². The number of hydrogen-bond acceptors (Lipinski definition) is 4. The molecule has 2 heterocycles. The highest BCUT2D eigenvalue weighted by molar-refractivity contribution is 7.89. The Kier molecular flexibility index (Phi) is 6.64. The summed E-state index contributed by atoms with van der Waals surface area (Å²) in [5, 5.41) is 7.24. The molecule has 1 N–H and O–H groups in total. The molecule has 0 bridgehead atoms. The van der Waals surface area contributed by atoms with Crippen molar-refractivity contribution in [2.24, 2.45) is 0 Å². The molecule has 0 radical (unpaired) electrons. The molecule has 1 aliphatic rings. The van der Waals surface area contributed by atoms with E-state index in [4.69, 9.17) is 11.6 Å². The van der Waals surface area contributed by atoms with Crippen molar-refractivity contribution in [1.82, 2.24) is 14.1 Å². The molecule has 9 heteroatoms. The highest BCUT2D eigenvalue weighted by Gasteiger charge is 2.28. The van der Waals surface area contributed by atoms with E-state index in [0.717, 1.165) is 30.4 Å². The molecule has 1 saturated heterocycles. The van der Waals surface area contributed by atoms with Crippen LogP contribution in [0.25, 0.3) is 0 Å². The van der Waals surface area contributed by atoms with E-state index < -0.39 is 15.9 Å². The quantitative estimate of drug-likeness (QED) is 0.579. The first-order valence-corrected chi connectivity index (χ1v) is 12.3. The summed E-state index contributed by atoms with van der Waals surface area (Å²) >= 11 is 6.22. The Morgan fingerprint density at radius 1 is 1.09 bits per heavy atom. The Bertz CT molecular complexity index is 1230. The monoisotopic (exact) mass is 472 g/mol. The first kappa shape index (κ1) is 22.5. The number of rotatable bonds is 6. The second-order valence-corrected chi connectivity index (χ2v) is 10.2. The number of aryl methyl sites for hydroxylation is 1. The van der Waals surface area contributed by atoms with Gasteiger partial charge in [0.1, 0.15) is 10.7 Å². The van der Waals surface area contributed by atoms with E-state index in [1.807, 2.05) is 25.1 Å². The van der Waals surface area contributed by atoms with Gasteiger partial charge in [0.25, 0.3) is 5.91 Å². The average Bonchev–Trinajstić information content (AvgIpc) is 3.21. The zero-order valence-corrected chi connectivity index (χ0v) is 19.4. The summed E-state index contributed by atoms with van der Waals surface area (Å²) in [5.41, 5.74) is 2.42. The van der Waals surface area contributed by atoms with Crippen molar-refractivity contribution in [1.29, 1.82) is 0 Å². The zero-order chi connectivity index (χ0) is 22.7. The first-order chi connectivity index (χ1) is 15.3. The zero-order valence-electron chi connectivity index (χ0n) is 17.8. The van der Waals surface area contributed by atoms with Crippen molar-refractivity contribution in [2.75, 3.05) is 18.4 Å². The lowest BCUT2D eigenvalue weighted by atomic mass is 10.1. The van der Waals surface area contributed by atoms with Crippen LogP contribution in [0.2, 0.25) is 5.02 Å². The fourth-order valence-electron chi connectivity index (χ4n) is 3.82. The second-order valence-electron chi connectivity index (χ2n) is 7.93. The van der Waals surface area contributed by atoms with Crippen LogP contribution < -0.4 is 5.32 Å². The van der Waals surface area contributed by atoms with Crippen LogP contribution in [0.4, 0.5) is 5.82 Å². The van der Waals surface area contributed by atoms with Crippen LogP contribution in [-0.2, 0) is 16.6 Å². The molecule has 0 atom stereocenters. The average molecular weight is 473 g/mol. The lowest BCUT2D eigenvalue weighted by Gasteiger charge is -2.26. The maximum absolute atomic E-state index is 13.1. The van der Waals surface area contributed by atoms with Crippen molar-refractivity contribution < 1.29 is 13.2 Å². The summed E-state index contributed by atoms with van der Waals surface area (Å²) in [5.74, 6) is 0.0923. The largest absolute Gasteiger partial charge is 0.307 e. The second kappa shape index (κ2) is 9.44. The van der Waals surface area contributed by atoms with Gasteiger partial charge in [-0.2, -0.15) is 9.40 Å². The van der Waals surface area contributed by atoms with E-state index in [0.29, 0.717) is 25.5 Å². The Balaban J connectivity index is 1.55. The molecule has 2 aromatic carbocycles. The molecule has 3 aromatic rings. The third kappa shape index (κ3) is 4.87. The standard InChI is InChI=1S/C23H25ClN4O3S/c1-17-6-5-7-18(14-17)16-28-22(10-11-25-28)26-23(29)19-8-9-20(24)21(15-19)32(30,31)27-12-3-2-4-13-27/h5-11,14-15H,2-4,12-13,16H2,1H3,(H,26,29). The van der Waals surface area contributed by atoms with Gasteiger partial charge in [-0.25, -0.2) is 13.1 Å². The number of nitrogens with zero attached hydrogens (tertiary/aromatic N) is 3. The Hall–Kier alpha value is -2.68. The van der Waals surface area contributed by atoms with Crippen LogP contribution in [0, 0.1) is 6.92 Å². The Morgan fingerprint density at radius 3 is 2.62 bits per heavy atom. The van der Waals surface area contributed by atoms with E-state index in [1.165, 1.54) is 22.5 Å². The number of aromatic nitrogens is 2. The lowest BCUT2D eigenvalue weighted by Crippen LogP contribution is -2.35. The molecule has 32 heavy (non-hydrogen) atoms. The van der Waals surface area contributed by atoms with Crippen molar-refractivity contribution in [3.63, 3.8) is 0 Å². The number of amides is 1. The minimum Gasteiger partial charge on any atom is -0.307 e. The predicted molar refractivity (Wildman–Crippen MR) is 125 cm³/mol. The highest BCUT2D eigenvalue weighted by atomic mass is 35.5. The van der Waals surface area contributed by atoms with Crippen molar-refractivity contribution in [3.05, 3.63) is 76.4 Å². The number of sulfonamides is 1. The summed E-state index contributed by atoms with van der Waals surface area (Å²) in [6, 6.07) is 14.1. The SMILES string of the molecule is Cc1cccc(Cn2nccc2NC(=O)c2ccc(Cl)c(S(=O)(=O)N3CCCCC3)c2)c1. The normalized spacial score (nSPS) is 14.9. The third-order valence-corrected chi connectivity index (χ3v) is 7.88. The molecule has 7 nitrogen and oxygen atoms in total. The minimum atomic E-state index is -3.76. The van der Waals surface area contributed by atoms with Gasteiger partial charge in [-0.05, 0) is 43.5 Å². The van der Waals surface area contributed by atoms with Crippen molar-refractivity contribution in [2.45, 2.75) is 37.6 Å². The maximum atomic E-state index is 13.1. The Morgan fingerprint density at radius 2 is 1.88 bits per heavy atom. The number of nitrogens with one attached hydrogen (secondary N) is 1. The van der Waals surface area contributed by atoms with E-state index >= 15 is 0 Å². The van der Waals surface area contributed by atoms with Crippen LogP contribution in [0.1, 0.15) is 40.7 Å². The molecule has 4 rings (SSSR count). The van der Waals surface area contributed by atoms with Crippen molar-refractivity contribution >= 4 is 33.3 Å². The fourth-order valence-corrected chi connectivity index (χ4v) is 5.84. The van der Waals surface area contributed by atoms with E-state index in [1.54, 1.807) is 16.9 Å². The summed E-state index contributed by atoms with van der Waals surface area (Å²) < 4.78 is 29.3. The lowest BCUT2D eigenvalue weighted by molar-refractivity contribution is 0.102. The summed E-state index contributed by atoms with van der Waals surface area (Å²) in [7, 11) is -3.76. The van der Waals surface area contributed by atoms with Crippen LogP contribution >= 0.6 is 11.6 Å². The number of carbonyl (C=O) groups excluding carboxylic acids is 1. The minimum absolute atomic E-state index is 0.0398. The number of anilines is 1. The number of piperidine rings is 1. The molecule has 0 aliphatic carbocycles. The van der Waals surface area contributed by atoms with E-state index in [2.05, 4.69) is 16.5 Å². The molecule has 0 saturated carbocycles. The number of halogens is 1. The summed E-state index contributed by atoms with van der Waals surface area (Å²) in [6.07, 6.45) is 4.27. The molecular formula is C23H25ClN4O3S. The number of carbonyl (C=O) groups is 1. The van der Waals surface area contributed by atoms with Gasteiger partial charge in [0.05, 0.1) is 17.8 Å². The molecule has 1 amide bonds. The Labute approximate surface area is 193 Å². The topological polar surface area (TPSA) is 84.3 Å². The van der Waals surface area contributed by atoms with Crippen LogP contribution in [-0.4, -0.2) is 41.5 Å². The molecule has 0 spiro atoms. The number of benzene rings is 2. The van der Waals surface area contributed by atoms with E-state index in [9.17, 15) is 13.2 Å². The third-order valence-electron chi connectivity index (χ3n) is 5.50. The van der Waals surface area contributed by atoms with Gasteiger partial charge in [-0.3, -0.25) is 4.79 Å². The maximum Gasteiger partial charge on any atom is 0.256 e. The van der Waals surface area contributed by atoms with Gasteiger partial charge >= 0.3 is 0 Å². The van der Waals surface area contributed by atoms with Gasteiger partial charge in [0.2, 0.25) is 10.0 Å². The van der Waals surface area contributed by atoms with Gasteiger partial charge in [0.15, 0.2) is 0 Å².